The molecule has 106 valence electrons. The molecule has 0 heterocycles. The summed E-state index contributed by atoms with van der Waals surface area (Å²) < 4.78 is 6.39. The van der Waals surface area contributed by atoms with Crippen LogP contribution in [0.15, 0.2) is 30.3 Å². The lowest BCUT2D eigenvalue weighted by Gasteiger charge is -2.32. The van der Waals surface area contributed by atoms with Gasteiger partial charge in [0.15, 0.2) is 0 Å². The second-order valence-electron chi connectivity index (χ2n) is 5.66. The van der Waals surface area contributed by atoms with Crippen molar-refractivity contribution in [3.05, 3.63) is 35.9 Å². The highest BCUT2D eigenvalue weighted by atomic mass is 16.5. The van der Waals surface area contributed by atoms with E-state index in [4.69, 9.17) is 4.74 Å². The zero-order chi connectivity index (χ0) is 13.5. The van der Waals surface area contributed by atoms with Gasteiger partial charge in [0.05, 0.1) is 12.2 Å². The van der Waals surface area contributed by atoms with Crippen molar-refractivity contribution in [2.75, 3.05) is 13.6 Å². The summed E-state index contributed by atoms with van der Waals surface area (Å²) in [5.41, 5.74) is 1.29. The summed E-state index contributed by atoms with van der Waals surface area (Å²) in [6.07, 6.45) is 7.10. The van der Waals surface area contributed by atoms with E-state index in [1.165, 1.54) is 37.7 Å². The van der Waals surface area contributed by atoms with Crippen LogP contribution < -0.4 is 5.32 Å². The molecule has 1 aliphatic carbocycles. The molecule has 1 saturated carbocycles. The molecule has 0 spiro atoms. The summed E-state index contributed by atoms with van der Waals surface area (Å²) in [5, 5.41) is 3.26. The first kappa shape index (κ1) is 14.5. The van der Waals surface area contributed by atoms with E-state index >= 15 is 0 Å². The summed E-state index contributed by atoms with van der Waals surface area (Å²) in [6, 6.07) is 10.6. The Morgan fingerprint density at radius 3 is 2.74 bits per heavy atom. The zero-order valence-electron chi connectivity index (χ0n) is 12.3. The van der Waals surface area contributed by atoms with Crippen molar-refractivity contribution in [2.24, 2.45) is 5.92 Å². The highest BCUT2D eigenvalue weighted by Crippen LogP contribution is 2.31. The molecule has 0 bridgehead atoms. The molecule has 1 fully saturated rings. The average Bonchev–Trinajstić information content (AvgIpc) is 2.48. The monoisotopic (exact) mass is 261 g/mol. The summed E-state index contributed by atoms with van der Waals surface area (Å²) in [4.78, 5) is 0. The highest BCUT2D eigenvalue weighted by molar-refractivity contribution is 5.18. The van der Waals surface area contributed by atoms with Crippen molar-refractivity contribution in [3.8, 4) is 0 Å². The number of ether oxygens (including phenoxy) is 1. The molecule has 0 amide bonds. The van der Waals surface area contributed by atoms with Crippen molar-refractivity contribution in [1.82, 2.24) is 5.32 Å². The molecule has 3 atom stereocenters. The minimum Gasteiger partial charge on any atom is -0.369 e. The van der Waals surface area contributed by atoms with Crippen molar-refractivity contribution >= 4 is 0 Å². The SMILES string of the molecule is CCC1CCCC(OC(CNC)c2ccccc2)C1. The number of benzene rings is 1. The van der Waals surface area contributed by atoms with E-state index < -0.39 is 0 Å². The van der Waals surface area contributed by atoms with Crippen molar-refractivity contribution in [2.45, 2.75) is 51.2 Å². The first-order valence-corrected chi connectivity index (χ1v) is 7.68. The second-order valence-corrected chi connectivity index (χ2v) is 5.66. The first-order chi connectivity index (χ1) is 9.33. The van der Waals surface area contributed by atoms with Crippen LogP contribution in [-0.2, 0) is 4.74 Å². The Bertz CT molecular complexity index is 352. The minimum atomic E-state index is 0.187. The molecule has 2 heteroatoms. The number of hydrogen-bond acceptors (Lipinski definition) is 2. The smallest absolute Gasteiger partial charge is 0.0952 e. The second kappa shape index (κ2) is 7.66. The molecule has 0 aromatic heterocycles. The van der Waals surface area contributed by atoms with Crippen LogP contribution in [0.3, 0.4) is 0 Å². The highest BCUT2D eigenvalue weighted by Gasteiger charge is 2.24. The van der Waals surface area contributed by atoms with E-state index in [0.717, 1.165) is 12.5 Å². The average molecular weight is 261 g/mol. The van der Waals surface area contributed by atoms with Crippen LogP contribution in [0.2, 0.25) is 0 Å². The molecule has 0 radical (unpaired) electrons. The van der Waals surface area contributed by atoms with Gasteiger partial charge in [0, 0.05) is 6.54 Å². The molecule has 3 unspecified atom stereocenters. The lowest BCUT2D eigenvalue weighted by atomic mass is 9.85. The fraction of sp³-hybridized carbons (Fsp3) is 0.647. The van der Waals surface area contributed by atoms with Gasteiger partial charge in [-0.15, -0.1) is 0 Å². The topological polar surface area (TPSA) is 21.3 Å². The van der Waals surface area contributed by atoms with Gasteiger partial charge in [-0.05, 0) is 31.4 Å². The largest absolute Gasteiger partial charge is 0.369 e. The maximum Gasteiger partial charge on any atom is 0.0952 e. The predicted molar refractivity (Wildman–Crippen MR) is 80.2 cm³/mol. The van der Waals surface area contributed by atoms with Crippen LogP contribution in [0.4, 0.5) is 0 Å². The van der Waals surface area contributed by atoms with E-state index in [2.05, 4.69) is 42.6 Å². The van der Waals surface area contributed by atoms with Crippen molar-refractivity contribution < 1.29 is 4.74 Å². The molecule has 2 nitrogen and oxygen atoms in total. The molecular formula is C17H27NO. The van der Waals surface area contributed by atoms with E-state index in [9.17, 15) is 0 Å². The van der Waals surface area contributed by atoms with E-state index in [0.29, 0.717) is 6.10 Å². The van der Waals surface area contributed by atoms with E-state index in [-0.39, 0.29) is 6.10 Å². The molecule has 1 aromatic rings. The van der Waals surface area contributed by atoms with Crippen molar-refractivity contribution in [1.29, 1.82) is 0 Å². The number of nitrogens with one attached hydrogen (secondary N) is 1. The summed E-state index contributed by atoms with van der Waals surface area (Å²) in [5.74, 6) is 0.866. The van der Waals surface area contributed by atoms with Crippen LogP contribution >= 0.6 is 0 Å². The Kier molecular flexibility index (Phi) is 5.87. The Balaban J connectivity index is 1.96. The third-order valence-electron chi connectivity index (χ3n) is 4.23. The van der Waals surface area contributed by atoms with Gasteiger partial charge in [0.1, 0.15) is 0 Å². The Morgan fingerprint density at radius 2 is 2.05 bits per heavy atom. The molecule has 0 aliphatic heterocycles. The molecule has 0 saturated heterocycles. The predicted octanol–water partition coefficient (Wildman–Crippen LogP) is 3.93. The van der Waals surface area contributed by atoms with Gasteiger partial charge in [-0.25, -0.2) is 0 Å². The van der Waals surface area contributed by atoms with Gasteiger partial charge in [-0.1, -0.05) is 56.5 Å². The van der Waals surface area contributed by atoms with Crippen LogP contribution in [0.1, 0.15) is 50.7 Å². The lowest BCUT2D eigenvalue weighted by molar-refractivity contribution is -0.0408. The molecular weight excluding hydrogens is 234 g/mol. The number of likely N-dealkylation sites (N-methyl/N-ethyl adjacent to an activating group) is 1. The molecule has 2 rings (SSSR count). The van der Waals surface area contributed by atoms with Crippen LogP contribution in [0.25, 0.3) is 0 Å². The van der Waals surface area contributed by atoms with Gasteiger partial charge >= 0.3 is 0 Å². The fourth-order valence-electron chi connectivity index (χ4n) is 3.07. The summed E-state index contributed by atoms with van der Waals surface area (Å²) in [6.45, 7) is 3.19. The molecule has 1 aromatic carbocycles. The van der Waals surface area contributed by atoms with Crippen LogP contribution in [-0.4, -0.2) is 19.7 Å². The lowest BCUT2D eigenvalue weighted by Crippen LogP contribution is -2.28. The van der Waals surface area contributed by atoms with E-state index in [1.807, 2.05) is 7.05 Å². The quantitative estimate of drug-likeness (QED) is 0.837. The van der Waals surface area contributed by atoms with E-state index in [1.54, 1.807) is 0 Å². The minimum absolute atomic E-state index is 0.187. The fourth-order valence-corrected chi connectivity index (χ4v) is 3.07. The van der Waals surface area contributed by atoms with Gasteiger partial charge in [-0.3, -0.25) is 0 Å². The van der Waals surface area contributed by atoms with Crippen LogP contribution in [0, 0.1) is 5.92 Å². The third-order valence-corrected chi connectivity index (χ3v) is 4.23. The third kappa shape index (κ3) is 4.32. The van der Waals surface area contributed by atoms with Crippen molar-refractivity contribution in [3.63, 3.8) is 0 Å². The number of rotatable bonds is 6. The van der Waals surface area contributed by atoms with Gasteiger partial charge < -0.3 is 10.1 Å². The molecule has 1 N–H and O–H groups in total. The summed E-state index contributed by atoms with van der Waals surface area (Å²) in [7, 11) is 2.00. The normalized spacial score (nSPS) is 25.2. The van der Waals surface area contributed by atoms with Crippen LogP contribution in [0.5, 0.6) is 0 Å². The maximum atomic E-state index is 6.39. The zero-order valence-corrected chi connectivity index (χ0v) is 12.3. The van der Waals surface area contributed by atoms with Gasteiger partial charge in [-0.2, -0.15) is 0 Å². The first-order valence-electron chi connectivity index (χ1n) is 7.68. The Labute approximate surface area is 117 Å². The summed E-state index contributed by atoms with van der Waals surface area (Å²) >= 11 is 0. The maximum absolute atomic E-state index is 6.39. The molecule has 19 heavy (non-hydrogen) atoms. The standard InChI is InChI=1S/C17H27NO/c1-3-14-8-7-11-16(12-14)19-17(13-18-2)15-9-5-4-6-10-15/h4-6,9-10,14,16-18H,3,7-8,11-13H2,1-2H3. The van der Waals surface area contributed by atoms with Gasteiger partial charge in [0.25, 0.3) is 0 Å². The van der Waals surface area contributed by atoms with Gasteiger partial charge in [0.2, 0.25) is 0 Å². The number of hydrogen-bond donors (Lipinski definition) is 1. The Morgan fingerprint density at radius 1 is 1.26 bits per heavy atom. The molecule has 1 aliphatic rings. The Hall–Kier alpha value is -0.860.